The molecule has 0 radical (unpaired) electrons. The van der Waals surface area contributed by atoms with Crippen molar-refractivity contribution in [3.05, 3.63) is 42.0 Å². The number of aliphatic imine (C=N–C) groups is 1. The number of nitrogens with zero attached hydrogens (tertiary/aromatic N) is 3. The van der Waals surface area contributed by atoms with Crippen LogP contribution < -0.4 is 4.74 Å². The van der Waals surface area contributed by atoms with Crippen LogP contribution >= 0.6 is 11.3 Å². The third kappa shape index (κ3) is 3.13. The van der Waals surface area contributed by atoms with Gasteiger partial charge in [-0.05, 0) is 30.3 Å². The van der Waals surface area contributed by atoms with Gasteiger partial charge in [0.25, 0.3) is 0 Å². The van der Waals surface area contributed by atoms with Gasteiger partial charge in [0.2, 0.25) is 5.13 Å². The third-order valence-corrected chi connectivity index (χ3v) is 4.08. The van der Waals surface area contributed by atoms with E-state index in [4.69, 9.17) is 4.74 Å². The fourth-order valence-electron chi connectivity index (χ4n) is 1.97. The van der Waals surface area contributed by atoms with E-state index in [1.807, 2.05) is 0 Å². The van der Waals surface area contributed by atoms with Crippen molar-refractivity contribution < 1.29 is 20.1 Å². The van der Waals surface area contributed by atoms with Crippen molar-refractivity contribution in [2.75, 3.05) is 7.11 Å². The Kier molecular flexibility index (Phi) is 4.30. The molecule has 0 aliphatic carbocycles. The molecule has 3 rings (SSSR count). The van der Waals surface area contributed by atoms with E-state index in [9.17, 15) is 15.3 Å². The molecule has 0 saturated heterocycles. The standard InChI is InChI=1S/C16H13N3O4S/c1-23-13-4-2-3-10(14(13)22)8-17-16-19-18-15(24-16)9-5-6-11(20)12(21)7-9/h2-8,20-22H,1H3. The molecule has 0 atom stereocenters. The highest BCUT2D eigenvalue weighted by Crippen LogP contribution is 2.34. The number of methoxy groups -OCH3 is 1. The summed E-state index contributed by atoms with van der Waals surface area (Å²) in [6.45, 7) is 0. The fraction of sp³-hybridized carbons (Fsp3) is 0.0625. The van der Waals surface area contributed by atoms with Gasteiger partial charge in [-0.2, -0.15) is 0 Å². The Balaban J connectivity index is 1.85. The van der Waals surface area contributed by atoms with Crippen LogP contribution in [0.4, 0.5) is 5.13 Å². The fourth-order valence-corrected chi connectivity index (χ4v) is 2.66. The Hall–Kier alpha value is -3.13. The molecule has 0 aliphatic rings. The second-order valence-corrected chi connectivity index (χ2v) is 5.71. The van der Waals surface area contributed by atoms with Crippen LogP contribution in [0.15, 0.2) is 41.4 Å². The van der Waals surface area contributed by atoms with E-state index in [2.05, 4.69) is 15.2 Å². The molecule has 7 nitrogen and oxygen atoms in total. The number of aromatic nitrogens is 2. The van der Waals surface area contributed by atoms with Gasteiger partial charge in [-0.25, -0.2) is 4.99 Å². The quantitative estimate of drug-likeness (QED) is 0.496. The first kappa shape index (κ1) is 15.8. The lowest BCUT2D eigenvalue weighted by molar-refractivity contribution is 0.373. The zero-order valence-electron chi connectivity index (χ0n) is 12.5. The number of aromatic hydroxyl groups is 3. The van der Waals surface area contributed by atoms with Gasteiger partial charge in [0.15, 0.2) is 23.0 Å². The molecule has 1 aromatic heterocycles. The summed E-state index contributed by atoms with van der Waals surface area (Å²) >= 11 is 1.21. The van der Waals surface area contributed by atoms with E-state index < -0.39 is 0 Å². The van der Waals surface area contributed by atoms with Gasteiger partial charge in [-0.15, -0.1) is 10.2 Å². The minimum atomic E-state index is -0.228. The lowest BCUT2D eigenvalue weighted by Gasteiger charge is -2.04. The summed E-state index contributed by atoms with van der Waals surface area (Å²) in [5, 5.41) is 37.8. The third-order valence-electron chi connectivity index (χ3n) is 3.20. The van der Waals surface area contributed by atoms with E-state index in [0.29, 0.717) is 27.0 Å². The van der Waals surface area contributed by atoms with Gasteiger partial charge in [0.05, 0.1) is 7.11 Å². The van der Waals surface area contributed by atoms with Crippen LogP contribution in [0.3, 0.4) is 0 Å². The van der Waals surface area contributed by atoms with Crippen LogP contribution in [0.25, 0.3) is 10.6 Å². The zero-order chi connectivity index (χ0) is 17.1. The highest BCUT2D eigenvalue weighted by Gasteiger charge is 2.09. The number of phenolic OH excluding ortho intramolecular Hbond substituents is 3. The first-order chi connectivity index (χ1) is 11.6. The Morgan fingerprint density at radius 3 is 2.67 bits per heavy atom. The minimum Gasteiger partial charge on any atom is -0.504 e. The molecule has 0 aliphatic heterocycles. The molecule has 3 N–H and O–H groups in total. The van der Waals surface area contributed by atoms with Crippen molar-refractivity contribution in [2.45, 2.75) is 0 Å². The van der Waals surface area contributed by atoms with Crippen molar-refractivity contribution in [2.24, 2.45) is 4.99 Å². The highest BCUT2D eigenvalue weighted by atomic mass is 32.1. The lowest BCUT2D eigenvalue weighted by Crippen LogP contribution is -1.88. The Labute approximate surface area is 141 Å². The van der Waals surface area contributed by atoms with E-state index in [1.54, 1.807) is 24.3 Å². The summed E-state index contributed by atoms with van der Waals surface area (Å²) in [5.41, 5.74) is 1.11. The number of phenols is 3. The molecule has 24 heavy (non-hydrogen) atoms. The molecule has 0 spiro atoms. The summed E-state index contributed by atoms with van der Waals surface area (Å²) in [4.78, 5) is 4.19. The molecule has 1 heterocycles. The van der Waals surface area contributed by atoms with Crippen LogP contribution in [0.2, 0.25) is 0 Å². The average Bonchev–Trinajstić information content (AvgIpc) is 3.05. The lowest BCUT2D eigenvalue weighted by atomic mass is 10.2. The highest BCUT2D eigenvalue weighted by molar-refractivity contribution is 7.18. The number of hydrogen-bond acceptors (Lipinski definition) is 8. The molecule has 0 saturated carbocycles. The van der Waals surface area contributed by atoms with Gasteiger partial charge in [0.1, 0.15) is 5.01 Å². The molecular formula is C16H13N3O4S. The first-order valence-electron chi connectivity index (χ1n) is 6.84. The summed E-state index contributed by atoms with van der Waals surface area (Å²) < 4.78 is 5.04. The minimum absolute atomic E-state index is 0.00283. The van der Waals surface area contributed by atoms with Crippen LogP contribution in [0, 0.1) is 0 Å². The van der Waals surface area contributed by atoms with E-state index in [1.165, 1.54) is 36.8 Å². The van der Waals surface area contributed by atoms with Crippen LogP contribution in [0.5, 0.6) is 23.0 Å². The van der Waals surface area contributed by atoms with Gasteiger partial charge < -0.3 is 20.1 Å². The molecule has 122 valence electrons. The van der Waals surface area contributed by atoms with Crippen molar-refractivity contribution >= 4 is 22.7 Å². The van der Waals surface area contributed by atoms with E-state index in [0.717, 1.165) is 0 Å². The number of para-hydroxylation sites is 1. The van der Waals surface area contributed by atoms with Crippen molar-refractivity contribution in [3.8, 4) is 33.6 Å². The molecule has 0 bridgehead atoms. The monoisotopic (exact) mass is 343 g/mol. The second kappa shape index (κ2) is 6.55. The Morgan fingerprint density at radius 2 is 1.92 bits per heavy atom. The summed E-state index contributed by atoms with van der Waals surface area (Å²) in [6.07, 6.45) is 1.47. The second-order valence-electron chi connectivity index (χ2n) is 4.75. The molecule has 0 amide bonds. The maximum Gasteiger partial charge on any atom is 0.231 e. The van der Waals surface area contributed by atoms with Crippen molar-refractivity contribution in [1.29, 1.82) is 0 Å². The predicted octanol–water partition coefficient (Wildman–Crippen LogP) is 3.08. The Bertz CT molecular complexity index is 908. The molecule has 0 unspecified atom stereocenters. The van der Waals surface area contributed by atoms with Gasteiger partial charge >= 0.3 is 0 Å². The number of ether oxygens (including phenoxy) is 1. The molecule has 8 heteroatoms. The Morgan fingerprint density at radius 1 is 1.08 bits per heavy atom. The van der Waals surface area contributed by atoms with Gasteiger partial charge in [-0.1, -0.05) is 17.4 Å². The maximum atomic E-state index is 10.0. The van der Waals surface area contributed by atoms with Gasteiger partial charge in [0, 0.05) is 17.3 Å². The summed E-state index contributed by atoms with van der Waals surface area (Å²) in [6, 6.07) is 9.48. The number of hydrogen-bond donors (Lipinski definition) is 3. The van der Waals surface area contributed by atoms with Crippen LogP contribution in [-0.4, -0.2) is 38.8 Å². The largest absolute Gasteiger partial charge is 0.504 e. The zero-order valence-corrected chi connectivity index (χ0v) is 13.4. The predicted molar refractivity (Wildman–Crippen MR) is 90.6 cm³/mol. The van der Waals surface area contributed by atoms with Crippen LogP contribution in [-0.2, 0) is 0 Å². The normalized spacial score (nSPS) is 11.0. The summed E-state index contributed by atoms with van der Waals surface area (Å²) in [5.74, 6) is -0.0718. The van der Waals surface area contributed by atoms with Crippen molar-refractivity contribution in [1.82, 2.24) is 10.2 Å². The SMILES string of the molecule is COc1cccc(C=Nc2nnc(-c3ccc(O)c(O)c3)s2)c1O. The van der Waals surface area contributed by atoms with Crippen LogP contribution in [0.1, 0.15) is 5.56 Å². The van der Waals surface area contributed by atoms with Gasteiger partial charge in [-0.3, -0.25) is 0 Å². The van der Waals surface area contributed by atoms with Crippen molar-refractivity contribution in [3.63, 3.8) is 0 Å². The molecule has 2 aromatic carbocycles. The summed E-state index contributed by atoms with van der Waals surface area (Å²) in [7, 11) is 1.47. The van der Waals surface area contributed by atoms with E-state index >= 15 is 0 Å². The smallest absolute Gasteiger partial charge is 0.231 e. The molecular weight excluding hydrogens is 330 g/mol. The maximum absolute atomic E-state index is 10.0. The molecule has 0 fully saturated rings. The number of benzene rings is 2. The molecule has 3 aromatic rings. The first-order valence-corrected chi connectivity index (χ1v) is 7.66. The van der Waals surface area contributed by atoms with E-state index in [-0.39, 0.29) is 17.2 Å². The number of rotatable bonds is 4. The topological polar surface area (TPSA) is 108 Å². The average molecular weight is 343 g/mol.